The molecule has 3 aromatic carbocycles. The third-order valence-corrected chi connectivity index (χ3v) is 5.27. The molecule has 0 spiro atoms. The zero-order valence-corrected chi connectivity index (χ0v) is 18.8. The van der Waals surface area contributed by atoms with Crippen LogP contribution >= 0.6 is 0 Å². The average molecular weight is 459 g/mol. The van der Waals surface area contributed by atoms with Gasteiger partial charge in [-0.3, -0.25) is 0 Å². The van der Waals surface area contributed by atoms with Crippen LogP contribution in [0.4, 0.5) is 0 Å². The SMILES string of the molecule is NC/C(=C\c1ccccc1O)N(/C(=C/c1ccccc1O)CN)/C(=C/c1ccccc1O)CN. The van der Waals surface area contributed by atoms with Crippen LogP contribution in [-0.2, 0) is 0 Å². The maximum absolute atomic E-state index is 10.3. The average Bonchev–Trinajstić information content (AvgIpc) is 2.85. The molecule has 176 valence electrons. The first-order valence-corrected chi connectivity index (χ1v) is 10.8. The lowest BCUT2D eigenvalue weighted by Gasteiger charge is -2.31. The molecule has 7 heteroatoms. The topological polar surface area (TPSA) is 142 Å². The summed E-state index contributed by atoms with van der Waals surface area (Å²) in [6.07, 6.45) is 5.29. The molecule has 0 saturated heterocycles. The van der Waals surface area contributed by atoms with Gasteiger partial charge in [-0.25, -0.2) is 0 Å². The predicted molar refractivity (Wildman–Crippen MR) is 137 cm³/mol. The zero-order chi connectivity index (χ0) is 24.5. The van der Waals surface area contributed by atoms with E-state index in [9.17, 15) is 15.3 Å². The normalized spacial score (nSPS) is 12.6. The third-order valence-electron chi connectivity index (χ3n) is 5.27. The summed E-state index contributed by atoms with van der Waals surface area (Å²) in [5.41, 5.74) is 22.1. The maximum Gasteiger partial charge on any atom is 0.122 e. The summed E-state index contributed by atoms with van der Waals surface area (Å²) in [6.45, 7) is 0.305. The van der Waals surface area contributed by atoms with Gasteiger partial charge in [0.05, 0.1) is 0 Å². The zero-order valence-electron chi connectivity index (χ0n) is 18.8. The maximum atomic E-state index is 10.3. The Morgan fingerprint density at radius 1 is 0.529 bits per heavy atom. The van der Waals surface area contributed by atoms with Gasteiger partial charge in [-0.05, 0) is 36.4 Å². The fourth-order valence-corrected chi connectivity index (χ4v) is 3.56. The van der Waals surface area contributed by atoms with Crippen LogP contribution in [0, 0.1) is 0 Å². The Labute approximate surface area is 199 Å². The molecule has 0 aliphatic heterocycles. The molecule has 0 saturated carbocycles. The number of phenolic OH excluding ortho intramolecular Hbond substituents is 3. The summed E-state index contributed by atoms with van der Waals surface area (Å²) >= 11 is 0. The van der Waals surface area contributed by atoms with Crippen LogP contribution in [0.2, 0.25) is 0 Å². The lowest BCUT2D eigenvalue weighted by atomic mass is 10.1. The van der Waals surface area contributed by atoms with Crippen molar-refractivity contribution in [2.24, 2.45) is 17.2 Å². The first-order chi connectivity index (χ1) is 16.5. The van der Waals surface area contributed by atoms with Gasteiger partial charge in [0, 0.05) is 53.4 Å². The fourth-order valence-electron chi connectivity index (χ4n) is 3.56. The molecule has 0 aliphatic carbocycles. The highest BCUT2D eigenvalue weighted by atomic mass is 16.3. The molecule has 7 nitrogen and oxygen atoms in total. The number of benzene rings is 3. The molecule has 0 atom stereocenters. The number of rotatable bonds is 9. The van der Waals surface area contributed by atoms with Crippen LogP contribution in [0.5, 0.6) is 17.2 Å². The molecular weight excluding hydrogens is 428 g/mol. The quantitative estimate of drug-likeness (QED) is 0.288. The molecule has 9 N–H and O–H groups in total. The Morgan fingerprint density at radius 3 is 1.03 bits per heavy atom. The molecule has 0 aliphatic rings. The molecule has 3 aromatic rings. The number of hydrogen-bond acceptors (Lipinski definition) is 7. The first-order valence-electron chi connectivity index (χ1n) is 10.8. The van der Waals surface area contributed by atoms with E-state index >= 15 is 0 Å². The van der Waals surface area contributed by atoms with Crippen molar-refractivity contribution in [3.63, 3.8) is 0 Å². The van der Waals surface area contributed by atoms with E-state index < -0.39 is 0 Å². The van der Waals surface area contributed by atoms with Gasteiger partial charge < -0.3 is 37.4 Å². The van der Waals surface area contributed by atoms with Crippen LogP contribution in [0.25, 0.3) is 18.2 Å². The van der Waals surface area contributed by atoms with Gasteiger partial charge in [0.15, 0.2) is 0 Å². The second kappa shape index (κ2) is 11.7. The first kappa shape index (κ1) is 24.6. The number of para-hydroxylation sites is 3. The van der Waals surface area contributed by atoms with Crippen molar-refractivity contribution in [3.8, 4) is 17.2 Å². The highest BCUT2D eigenvalue weighted by molar-refractivity contribution is 5.66. The molecule has 34 heavy (non-hydrogen) atoms. The minimum Gasteiger partial charge on any atom is -0.507 e. The fraction of sp³-hybridized carbons (Fsp3) is 0.111. The van der Waals surface area contributed by atoms with E-state index in [1.54, 1.807) is 72.8 Å². The summed E-state index contributed by atoms with van der Waals surface area (Å²) in [4.78, 5) is 1.81. The number of phenols is 3. The minimum atomic E-state index is 0.102. The van der Waals surface area contributed by atoms with Gasteiger partial charge in [-0.15, -0.1) is 0 Å². The number of hydrogen-bond donors (Lipinski definition) is 6. The van der Waals surface area contributed by atoms with Crippen molar-refractivity contribution in [2.75, 3.05) is 19.6 Å². The highest BCUT2D eigenvalue weighted by Gasteiger charge is 2.19. The Kier molecular flexibility index (Phi) is 8.48. The van der Waals surface area contributed by atoms with E-state index in [-0.39, 0.29) is 36.9 Å². The molecule has 0 heterocycles. The highest BCUT2D eigenvalue weighted by Crippen LogP contribution is 2.29. The van der Waals surface area contributed by atoms with Crippen LogP contribution in [0.3, 0.4) is 0 Å². The Morgan fingerprint density at radius 2 is 0.794 bits per heavy atom. The van der Waals surface area contributed by atoms with E-state index in [1.807, 2.05) is 23.1 Å². The molecule has 0 fully saturated rings. The third kappa shape index (κ3) is 5.85. The lowest BCUT2D eigenvalue weighted by molar-refractivity contribution is 0.472. The summed E-state index contributed by atoms with van der Waals surface area (Å²) < 4.78 is 0. The van der Waals surface area contributed by atoms with Gasteiger partial charge in [0.2, 0.25) is 0 Å². The number of nitrogens with two attached hydrogens (primary N) is 3. The Hall–Kier alpha value is -4.04. The van der Waals surface area contributed by atoms with Crippen molar-refractivity contribution in [1.29, 1.82) is 0 Å². The summed E-state index contributed by atoms with van der Waals surface area (Å²) in [5, 5.41) is 31.0. The number of aromatic hydroxyl groups is 3. The van der Waals surface area contributed by atoms with E-state index in [2.05, 4.69) is 0 Å². The van der Waals surface area contributed by atoms with Gasteiger partial charge in [-0.2, -0.15) is 0 Å². The molecule has 0 amide bonds. The molecule has 0 radical (unpaired) electrons. The largest absolute Gasteiger partial charge is 0.507 e. The second-order valence-electron chi connectivity index (χ2n) is 7.53. The van der Waals surface area contributed by atoms with Crippen molar-refractivity contribution in [3.05, 3.63) is 107 Å². The van der Waals surface area contributed by atoms with E-state index in [4.69, 9.17) is 17.2 Å². The second-order valence-corrected chi connectivity index (χ2v) is 7.53. The van der Waals surface area contributed by atoms with Gasteiger partial charge in [0.1, 0.15) is 17.2 Å². The summed E-state index contributed by atoms with van der Waals surface area (Å²) in [7, 11) is 0. The van der Waals surface area contributed by atoms with Crippen molar-refractivity contribution in [2.45, 2.75) is 0 Å². The number of nitrogens with zero attached hydrogens (tertiary/aromatic N) is 1. The smallest absolute Gasteiger partial charge is 0.122 e. The predicted octanol–water partition coefficient (Wildman–Crippen LogP) is 3.40. The lowest BCUT2D eigenvalue weighted by Crippen LogP contribution is -2.32. The van der Waals surface area contributed by atoms with Crippen LogP contribution in [0.15, 0.2) is 89.9 Å². The summed E-state index contributed by atoms with van der Waals surface area (Å²) in [6, 6.07) is 20.7. The van der Waals surface area contributed by atoms with Crippen LogP contribution in [-0.4, -0.2) is 39.9 Å². The molecular formula is C27H30N4O3. The van der Waals surface area contributed by atoms with Crippen LogP contribution in [0.1, 0.15) is 16.7 Å². The molecule has 0 unspecified atom stereocenters. The molecule has 0 bridgehead atoms. The minimum absolute atomic E-state index is 0.102. The van der Waals surface area contributed by atoms with Crippen molar-refractivity contribution in [1.82, 2.24) is 4.90 Å². The summed E-state index contributed by atoms with van der Waals surface area (Å²) in [5.74, 6) is 0.309. The van der Waals surface area contributed by atoms with E-state index in [1.165, 1.54) is 0 Å². The molecule has 0 aromatic heterocycles. The standard InChI is InChI=1S/C27H30N4O3/c28-16-22(13-19-7-1-4-10-25(19)32)31(23(17-29)14-20-8-2-5-11-26(20)33)24(18-30)15-21-9-3-6-12-27(21)34/h1-15,32-34H,16-18,28-30H2/b22-13+,23-14+,24-15+. The van der Waals surface area contributed by atoms with E-state index in [0.29, 0.717) is 33.8 Å². The Balaban J connectivity index is 2.24. The van der Waals surface area contributed by atoms with Crippen molar-refractivity contribution >= 4 is 18.2 Å². The monoisotopic (exact) mass is 458 g/mol. The molecule has 3 rings (SSSR count). The Bertz CT molecular complexity index is 1070. The van der Waals surface area contributed by atoms with Gasteiger partial charge in [0.25, 0.3) is 0 Å². The van der Waals surface area contributed by atoms with Gasteiger partial charge in [-0.1, -0.05) is 54.6 Å². The van der Waals surface area contributed by atoms with Gasteiger partial charge >= 0.3 is 0 Å². The van der Waals surface area contributed by atoms with E-state index in [0.717, 1.165) is 0 Å². The van der Waals surface area contributed by atoms with Crippen LogP contribution < -0.4 is 17.2 Å². The van der Waals surface area contributed by atoms with Crippen molar-refractivity contribution < 1.29 is 15.3 Å².